The summed E-state index contributed by atoms with van der Waals surface area (Å²) < 4.78 is 22.2. The maximum atomic E-state index is 13.6. The molecule has 5 rings (SSSR count). The fourth-order valence-corrected chi connectivity index (χ4v) is 5.33. The zero-order valence-corrected chi connectivity index (χ0v) is 23.5. The van der Waals surface area contributed by atoms with Gasteiger partial charge in [-0.3, -0.25) is 4.79 Å². The minimum absolute atomic E-state index is 0.0870. The van der Waals surface area contributed by atoms with Crippen molar-refractivity contribution in [3.63, 3.8) is 0 Å². The largest absolute Gasteiger partial charge is 0.493 e. The van der Waals surface area contributed by atoms with E-state index < -0.39 is 0 Å². The summed E-state index contributed by atoms with van der Waals surface area (Å²) in [6, 6.07) is 14.1. The van der Waals surface area contributed by atoms with Crippen LogP contribution in [0.25, 0.3) is 0 Å². The summed E-state index contributed by atoms with van der Waals surface area (Å²) in [7, 11) is 3.26. The Morgan fingerprint density at radius 3 is 2.58 bits per heavy atom. The quantitative estimate of drug-likeness (QED) is 0.265. The third-order valence-electron chi connectivity index (χ3n) is 7.43. The first-order valence-electron chi connectivity index (χ1n) is 13.5. The molecule has 40 heavy (non-hydrogen) atoms. The molecule has 0 N–H and O–H groups in total. The van der Waals surface area contributed by atoms with Crippen LogP contribution in [0.15, 0.2) is 65.7 Å². The second kappa shape index (κ2) is 12.2. The minimum atomic E-state index is -0.229. The van der Waals surface area contributed by atoms with E-state index in [-0.39, 0.29) is 11.9 Å². The SMILES string of the molecule is COc1ccc(CCOc2cc3c(cc2OC)CCN(C(=O)CCc2cocn2)C3c2ccc(C)cc2C)cn1. The molecular weight excluding hydrogens is 506 g/mol. The lowest BCUT2D eigenvalue weighted by Gasteiger charge is -2.39. The van der Waals surface area contributed by atoms with E-state index in [0.29, 0.717) is 49.8 Å². The van der Waals surface area contributed by atoms with Crippen molar-refractivity contribution < 1.29 is 23.4 Å². The van der Waals surface area contributed by atoms with Crippen molar-refractivity contribution in [1.29, 1.82) is 0 Å². The summed E-state index contributed by atoms with van der Waals surface area (Å²) in [6.45, 7) is 5.27. The number of oxazole rings is 1. The number of rotatable bonds is 10. The van der Waals surface area contributed by atoms with Crippen molar-refractivity contribution in [2.75, 3.05) is 27.4 Å². The molecule has 0 saturated carbocycles. The number of fused-ring (bicyclic) bond motifs is 1. The lowest BCUT2D eigenvalue weighted by atomic mass is 9.85. The number of benzene rings is 2. The Morgan fingerprint density at radius 1 is 1.00 bits per heavy atom. The van der Waals surface area contributed by atoms with E-state index >= 15 is 0 Å². The highest BCUT2D eigenvalue weighted by atomic mass is 16.5. The zero-order chi connectivity index (χ0) is 28.1. The molecule has 0 spiro atoms. The molecule has 0 bridgehead atoms. The molecule has 2 aromatic carbocycles. The van der Waals surface area contributed by atoms with Crippen molar-refractivity contribution in [2.45, 2.75) is 45.6 Å². The summed E-state index contributed by atoms with van der Waals surface area (Å²) in [6.07, 6.45) is 7.11. The molecule has 3 heterocycles. The fourth-order valence-electron chi connectivity index (χ4n) is 5.33. The van der Waals surface area contributed by atoms with Crippen LogP contribution in [-0.4, -0.2) is 48.1 Å². The van der Waals surface area contributed by atoms with E-state index in [2.05, 4.69) is 54.1 Å². The van der Waals surface area contributed by atoms with Crippen molar-refractivity contribution in [3.05, 3.63) is 100 Å². The molecule has 0 fully saturated rings. The number of pyridine rings is 1. The highest BCUT2D eigenvalue weighted by Crippen LogP contribution is 2.42. The first kappa shape index (κ1) is 27.2. The number of nitrogens with zero attached hydrogens (tertiary/aromatic N) is 3. The summed E-state index contributed by atoms with van der Waals surface area (Å²) in [4.78, 5) is 24.1. The van der Waals surface area contributed by atoms with Gasteiger partial charge >= 0.3 is 0 Å². The molecule has 1 unspecified atom stereocenters. The number of hydrogen-bond acceptors (Lipinski definition) is 7. The topological polar surface area (TPSA) is 86.9 Å². The smallest absolute Gasteiger partial charge is 0.223 e. The Hall–Kier alpha value is -4.33. The minimum Gasteiger partial charge on any atom is -0.493 e. The Labute approximate surface area is 234 Å². The number of carbonyl (C=O) groups is 1. The Morgan fingerprint density at radius 2 is 1.88 bits per heavy atom. The second-order valence-corrected chi connectivity index (χ2v) is 10.1. The number of ether oxygens (including phenoxy) is 3. The van der Waals surface area contributed by atoms with Crippen LogP contribution in [0.5, 0.6) is 17.4 Å². The lowest BCUT2D eigenvalue weighted by Crippen LogP contribution is -2.41. The van der Waals surface area contributed by atoms with Crippen LogP contribution < -0.4 is 14.2 Å². The molecule has 1 aliphatic heterocycles. The summed E-state index contributed by atoms with van der Waals surface area (Å²) in [5, 5.41) is 0. The van der Waals surface area contributed by atoms with Crippen LogP contribution in [0, 0.1) is 13.8 Å². The first-order chi connectivity index (χ1) is 19.5. The maximum Gasteiger partial charge on any atom is 0.223 e. The Balaban J connectivity index is 1.44. The van der Waals surface area contributed by atoms with Crippen LogP contribution in [0.3, 0.4) is 0 Å². The molecule has 1 atom stereocenters. The van der Waals surface area contributed by atoms with Gasteiger partial charge in [-0.2, -0.15) is 0 Å². The van der Waals surface area contributed by atoms with Gasteiger partial charge in [0.25, 0.3) is 0 Å². The number of carbonyl (C=O) groups excluding carboxylic acids is 1. The van der Waals surface area contributed by atoms with Crippen LogP contribution in [-0.2, 0) is 24.1 Å². The van der Waals surface area contributed by atoms with E-state index in [9.17, 15) is 4.79 Å². The molecule has 1 amide bonds. The molecule has 0 saturated heterocycles. The van der Waals surface area contributed by atoms with Gasteiger partial charge in [0.15, 0.2) is 17.9 Å². The zero-order valence-electron chi connectivity index (χ0n) is 23.5. The molecule has 8 nitrogen and oxygen atoms in total. The van der Waals surface area contributed by atoms with Crippen molar-refractivity contribution in [3.8, 4) is 17.4 Å². The summed E-state index contributed by atoms with van der Waals surface area (Å²) >= 11 is 0. The van der Waals surface area contributed by atoms with Gasteiger partial charge in [-0.05, 0) is 60.2 Å². The van der Waals surface area contributed by atoms with Gasteiger partial charge in [0.1, 0.15) is 6.26 Å². The normalized spacial score (nSPS) is 14.5. The van der Waals surface area contributed by atoms with Crippen molar-refractivity contribution in [1.82, 2.24) is 14.9 Å². The highest BCUT2D eigenvalue weighted by Gasteiger charge is 2.34. The average molecular weight is 542 g/mol. The third kappa shape index (κ3) is 5.96. The van der Waals surface area contributed by atoms with Crippen LogP contribution >= 0.6 is 0 Å². The number of amides is 1. The van der Waals surface area contributed by atoms with E-state index in [1.54, 1.807) is 26.7 Å². The summed E-state index contributed by atoms with van der Waals surface area (Å²) in [5.41, 5.74) is 7.51. The monoisotopic (exact) mass is 541 g/mol. The van der Waals surface area contributed by atoms with Gasteiger partial charge in [0.2, 0.25) is 11.8 Å². The van der Waals surface area contributed by atoms with Crippen LogP contribution in [0.1, 0.15) is 51.5 Å². The second-order valence-electron chi connectivity index (χ2n) is 10.1. The van der Waals surface area contributed by atoms with Crippen LogP contribution in [0.4, 0.5) is 0 Å². The maximum absolute atomic E-state index is 13.6. The van der Waals surface area contributed by atoms with Gasteiger partial charge in [-0.15, -0.1) is 0 Å². The number of aromatic nitrogens is 2. The lowest BCUT2D eigenvalue weighted by molar-refractivity contribution is -0.133. The highest BCUT2D eigenvalue weighted by molar-refractivity contribution is 5.78. The molecule has 208 valence electrons. The van der Waals surface area contributed by atoms with Crippen molar-refractivity contribution in [2.24, 2.45) is 0 Å². The molecule has 0 aliphatic carbocycles. The van der Waals surface area contributed by atoms with E-state index in [0.717, 1.165) is 39.9 Å². The third-order valence-corrected chi connectivity index (χ3v) is 7.43. The van der Waals surface area contributed by atoms with Gasteiger partial charge in [0, 0.05) is 38.1 Å². The molecule has 8 heteroatoms. The average Bonchev–Trinajstić information content (AvgIpc) is 3.49. The predicted octanol–water partition coefficient (Wildman–Crippen LogP) is 5.43. The van der Waals surface area contributed by atoms with Crippen LogP contribution in [0.2, 0.25) is 0 Å². The van der Waals surface area contributed by atoms with E-state index in [1.807, 2.05) is 17.0 Å². The summed E-state index contributed by atoms with van der Waals surface area (Å²) in [5.74, 6) is 2.02. The molecule has 2 aromatic heterocycles. The Bertz CT molecular complexity index is 1450. The molecule has 4 aromatic rings. The molecule has 0 radical (unpaired) electrons. The molecule has 1 aliphatic rings. The Kier molecular flexibility index (Phi) is 8.34. The fraction of sp³-hybridized carbons (Fsp3) is 0.344. The van der Waals surface area contributed by atoms with E-state index in [4.69, 9.17) is 18.6 Å². The van der Waals surface area contributed by atoms with Gasteiger partial charge in [0.05, 0.1) is 32.6 Å². The van der Waals surface area contributed by atoms with Gasteiger partial charge in [-0.1, -0.05) is 29.8 Å². The first-order valence-corrected chi connectivity index (χ1v) is 13.5. The standard InChI is InChI=1S/C32H35N3O5/c1-21-5-8-26(22(2)15-21)32-27-17-29(40-14-12-23-6-9-30(38-4)33-18-23)28(37-3)16-24(27)11-13-35(32)31(36)10-7-25-19-39-20-34-25/h5-6,8-9,15-20,32H,7,10-14H2,1-4H3. The predicted molar refractivity (Wildman–Crippen MR) is 151 cm³/mol. The number of methoxy groups -OCH3 is 2. The number of aryl methyl sites for hydroxylation is 3. The van der Waals surface area contributed by atoms with Gasteiger partial charge < -0.3 is 23.5 Å². The van der Waals surface area contributed by atoms with Gasteiger partial charge in [-0.25, -0.2) is 9.97 Å². The molecular formula is C32H35N3O5. The van der Waals surface area contributed by atoms with Crippen molar-refractivity contribution >= 4 is 5.91 Å². The number of hydrogen-bond donors (Lipinski definition) is 0. The van der Waals surface area contributed by atoms with E-state index in [1.165, 1.54) is 12.0 Å².